The minimum absolute atomic E-state index is 0.118. The molecule has 0 fully saturated rings. The van der Waals surface area contributed by atoms with Crippen LogP contribution in [0.5, 0.6) is 5.75 Å². The average molecular weight is 215 g/mol. The zero-order valence-electron chi connectivity index (χ0n) is 7.74. The van der Waals surface area contributed by atoms with Gasteiger partial charge in [-0.15, -0.1) is 11.6 Å². The van der Waals surface area contributed by atoms with E-state index in [-0.39, 0.29) is 17.7 Å². The Bertz CT molecular complexity index is 306. The molecule has 76 valence electrons. The lowest BCUT2D eigenvalue weighted by molar-refractivity contribution is 0.0508. The Hall–Kier alpha value is -1.22. The molecule has 0 aliphatic rings. The summed E-state index contributed by atoms with van der Waals surface area (Å²) in [4.78, 5) is 11.3. The lowest BCUT2D eigenvalue weighted by Gasteiger charge is -2.05. The van der Waals surface area contributed by atoms with E-state index in [1.807, 2.05) is 0 Å². The van der Waals surface area contributed by atoms with Gasteiger partial charge in [0.15, 0.2) is 0 Å². The van der Waals surface area contributed by atoms with Crippen LogP contribution < -0.4 is 0 Å². The first kappa shape index (κ1) is 10.9. The quantitative estimate of drug-likeness (QED) is 0.620. The van der Waals surface area contributed by atoms with E-state index in [1.165, 1.54) is 24.3 Å². The molecule has 0 aliphatic carbocycles. The Balaban J connectivity index is 2.57. The largest absolute Gasteiger partial charge is 0.508 e. The number of phenols is 1. The van der Waals surface area contributed by atoms with Gasteiger partial charge in [0.2, 0.25) is 0 Å². The van der Waals surface area contributed by atoms with Crippen LogP contribution in [0.2, 0.25) is 0 Å². The average Bonchev–Trinajstić information content (AvgIpc) is 2.15. The first-order valence-corrected chi connectivity index (χ1v) is 4.63. The molecule has 0 heterocycles. The molecule has 0 aromatic heterocycles. The molecule has 4 heteroatoms. The van der Waals surface area contributed by atoms with Gasteiger partial charge in [-0.2, -0.15) is 0 Å². The SMILES string of the molecule is CC(Cl)COC(=O)c1ccc(O)cc1. The van der Waals surface area contributed by atoms with Crippen molar-refractivity contribution < 1.29 is 14.6 Å². The topological polar surface area (TPSA) is 46.5 Å². The predicted octanol–water partition coefficient (Wildman–Crippen LogP) is 2.18. The van der Waals surface area contributed by atoms with E-state index >= 15 is 0 Å². The Morgan fingerprint density at radius 3 is 2.57 bits per heavy atom. The van der Waals surface area contributed by atoms with Gasteiger partial charge in [0.05, 0.1) is 10.9 Å². The summed E-state index contributed by atoms with van der Waals surface area (Å²) in [6.07, 6.45) is 0. The van der Waals surface area contributed by atoms with Gasteiger partial charge in [0.1, 0.15) is 12.4 Å². The van der Waals surface area contributed by atoms with Crippen LogP contribution in [0.25, 0.3) is 0 Å². The highest BCUT2D eigenvalue weighted by Gasteiger charge is 2.07. The number of benzene rings is 1. The van der Waals surface area contributed by atoms with Gasteiger partial charge in [-0.1, -0.05) is 0 Å². The first-order chi connectivity index (χ1) is 6.59. The molecule has 1 N–H and O–H groups in total. The molecule has 1 aromatic rings. The summed E-state index contributed by atoms with van der Waals surface area (Å²) in [5.74, 6) is -0.315. The highest BCUT2D eigenvalue weighted by Crippen LogP contribution is 2.10. The highest BCUT2D eigenvalue weighted by molar-refractivity contribution is 6.20. The molecule has 0 spiro atoms. The number of carbonyl (C=O) groups is 1. The Morgan fingerprint density at radius 2 is 2.07 bits per heavy atom. The summed E-state index contributed by atoms with van der Waals surface area (Å²) in [5, 5.41) is 8.79. The third kappa shape index (κ3) is 3.26. The van der Waals surface area contributed by atoms with E-state index in [1.54, 1.807) is 6.92 Å². The summed E-state index contributed by atoms with van der Waals surface area (Å²) >= 11 is 5.62. The smallest absolute Gasteiger partial charge is 0.338 e. The van der Waals surface area contributed by atoms with E-state index in [0.29, 0.717) is 5.56 Å². The minimum Gasteiger partial charge on any atom is -0.508 e. The van der Waals surface area contributed by atoms with E-state index < -0.39 is 5.97 Å². The highest BCUT2D eigenvalue weighted by atomic mass is 35.5. The van der Waals surface area contributed by atoms with Crippen molar-refractivity contribution in [3.8, 4) is 5.75 Å². The molecular weight excluding hydrogens is 204 g/mol. The monoisotopic (exact) mass is 214 g/mol. The fourth-order valence-corrected chi connectivity index (χ4v) is 0.934. The fourth-order valence-electron chi connectivity index (χ4n) is 0.871. The van der Waals surface area contributed by atoms with E-state index in [9.17, 15) is 4.79 Å². The summed E-state index contributed by atoms with van der Waals surface area (Å²) in [6.45, 7) is 1.92. The van der Waals surface area contributed by atoms with Crippen molar-refractivity contribution in [3.63, 3.8) is 0 Å². The number of esters is 1. The Kier molecular flexibility index (Phi) is 3.77. The summed E-state index contributed by atoms with van der Waals surface area (Å²) in [5.41, 5.74) is 0.403. The number of phenolic OH excluding ortho intramolecular Hbond substituents is 1. The first-order valence-electron chi connectivity index (χ1n) is 4.20. The zero-order valence-corrected chi connectivity index (χ0v) is 8.49. The van der Waals surface area contributed by atoms with Gasteiger partial charge in [0.25, 0.3) is 0 Å². The number of halogens is 1. The number of hydrogen-bond donors (Lipinski definition) is 1. The second kappa shape index (κ2) is 4.86. The maximum Gasteiger partial charge on any atom is 0.338 e. The van der Waals surface area contributed by atoms with E-state index in [2.05, 4.69) is 0 Å². The van der Waals surface area contributed by atoms with Crippen LogP contribution >= 0.6 is 11.6 Å². The molecule has 0 bridgehead atoms. The Labute approximate surface area is 87.3 Å². The van der Waals surface area contributed by atoms with Crippen LogP contribution in [0.1, 0.15) is 17.3 Å². The number of hydrogen-bond acceptors (Lipinski definition) is 3. The minimum atomic E-state index is -0.433. The second-order valence-corrected chi connectivity index (χ2v) is 3.67. The fraction of sp³-hybridized carbons (Fsp3) is 0.300. The summed E-state index contributed by atoms with van der Waals surface area (Å²) in [7, 11) is 0. The molecule has 0 aliphatic heterocycles. The van der Waals surface area contributed by atoms with Crippen LogP contribution in [-0.4, -0.2) is 23.1 Å². The van der Waals surface area contributed by atoms with Gasteiger partial charge >= 0.3 is 5.97 Å². The van der Waals surface area contributed by atoms with Crippen LogP contribution in [0.3, 0.4) is 0 Å². The molecule has 14 heavy (non-hydrogen) atoms. The normalized spacial score (nSPS) is 12.1. The number of carbonyl (C=O) groups excluding carboxylic acids is 1. The maximum absolute atomic E-state index is 11.3. The van der Waals surface area contributed by atoms with Gasteiger partial charge in [-0.3, -0.25) is 0 Å². The number of aromatic hydroxyl groups is 1. The number of ether oxygens (including phenoxy) is 1. The van der Waals surface area contributed by atoms with Crippen molar-refractivity contribution in [1.29, 1.82) is 0 Å². The third-order valence-electron chi connectivity index (χ3n) is 1.55. The summed E-state index contributed by atoms with van der Waals surface area (Å²) in [6, 6.07) is 5.86. The van der Waals surface area contributed by atoms with Gasteiger partial charge in [-0.25, -0.2) is 4.79 Å². The standard InChI is InChI=1S/C10H11ClO3/c1-7(11)6-14-10(13)8-2-4-9(12)5-3-8/h2-5,7,12H,6H2,1H3. The maximum atomic E-state index is 11.3. The van der Waals surface area contributed by atoms with Crippen molar-refractivity contribution in [2.24, 2.45) is 0 Å². The van der Waals surface area contributed by atoms with Crippen LogP contribution in [-0.2, 0) is 4.74 Å². The zero-order chi connectivity index (χ0) is 10.6. The van der Waals surface area contributed by atoms with Gasteiger partial charge < -0.3 is 9.84 Å². The molecule has 0 amide bonds. The predicted molar refractivity (Wildman–Crippen MR) is 53.7 cm³/mol. The van der Waals surface area contributed by atoms with Crippen molar-refractivity contribution >= 4 is 17.6 Å². The Morgan fingerprint density at radius 1 is 1.50 bits per heavy atom. The molecule has 0 radical (unpaired) electrons. The molecular formula is C10H11ClO3. The lowest BCUT2D eigenvalue weighted by atomic mass is 10.2. The third-order valence-corrected chi connectivity index (χ3v) is 1.67. The lowest BCUT2D eigenvalue weighted by Crippen LogP contribution is -2.11. The van der Waals surface area contributed by atoms with Crippen molar-refractivity contribution in [2.45, 2.75) is 12.3 Å². The molecule has 1 rings (SSSR count). The van der Waals surface area contributed by atoms with Crippen LogP contribution in [0, 0.1) is 0 Å². The second-order valence-electron chi connectivity index (χ2n) is 2.93. The van der Waals surface area contributed by atoms with Gasteiger partial charge in [-0.05, 0) is 31.2 Å². The van der Waals surface area contributed by atoms with Crippen molar-refractivity contribution in [3.05, 3.63) is 29.8 Å². The molecule has 0 saturated heterocycles. The number of alkyl halides is 1. The molecule has 1 aromatic carbocycles. The number of rotatable bonds is 3. The molecule has 1 unspecified atom stereocenters. The molecule has 0 saturated carbocycles. The molecule has 3 nitrogen and oxygen atoms in total. The summed E-state index contributed by atoms with van der Waals surface area (Å²) < 4.78 is 4.88. The molecule has 1 atom stereocenters. The van der Waals surface area contributed by atoms with Crippen LogP contribution in [0.15, 0.2) is 24.3 Å². The van der Waals surface area contributed by atoms with Crippen molar-refractivity contribution in [1.82, 2.24) is 0 Å². The van der Waals surface area contributed by atoms with E-state index in [4.69, 9.17) is 21.4 Å². The van der Waals surface area contributed by atoms with Gasteiger partial charge in [0, 0.05) is 0 Å². The van der Waals surface area contributed by atoms with Crippen LogP contribution in [0.4, 0.5) is 0 Å². The van der Waals surface area contributed by atoms with E-state index in [0.717, 1.165) is 0 Å². The van der Waals surface area contributed by atoms with Crippen molar-refractivity contribution in [2.75, 3.05) is 6.61 Å².